The highest BCUT2D eigenvalue weighted by atomic mass is 32.1. The molecule has 0 aliphatic heterocycles. The number of benzene rings is 1. The molecular formula is C16H19NO3S. The summed E-state index contributed by atoms with van der Waals surface area (Å²) >= 11 is 1.70. The molecule has 1 heterocycles. The van der Waals surface area contributed by atoms with Gasteiger partial charge < -0.3 is 9.84 Å². The van der Waals surface area contributed by atoms with Crippen molar-refractivity contribution < 1.29 is 14.6 Å². The second-order valence-electron chi connectivity index (χ2n) is 4.69. The summed E-state index contributed by atoms with van der Waals surface area (Å²) in [4.78, 5) is 12.8. The smallest absolute Gasteiger partial charge is 0.409 e. The molecular weight excluding hydrogens is 286 g/mol. The number of hydrogen-bond donors (Lipinski definition) is 2. The van der Waals surface area contributed by atoms with Crippen molar-refractivity contribution in [2.45, 2.75) is 32.1 Å². The van der Waals surface area contributed by atoms with Gasteiger partial charge in [0.25, 0.3) is 0 Å². The zero-order chi connectivity index (χ0) is 14.9. The molecule has 112 valence electrons. The number of ether oxygens (including phenoxy) is 1. The number of aliphatic hydroxyl groups is 1. The number of amides is 1. The third kappa shape index (κ3) is 5.97. The van der Waals surface area contributed by atoms with Gasteiger partial charge in [-0.3, -0.25) is 5.32 Å². The third-order valence-electron chi connectivity index (χ3n) is 2.98. The molecule has 0 fully saturated rings. The minimum Gasteiger partial charge on any atom is -0.445 e. The Kier molecular flexibility index (Phi) is 6.24. The molecule has 0 saturated heterocycles. The number of hydrogen-bond acceptors (Lipinski definition) is 4. The highest BCUT2D eigenvalue weighted by Gasteiger charge is 2.09. The number of aliphatic hydroxyl groups excluding tert-OH is 1. The van der Waals surface area contributed by atoms with Crippen LogP contribution in [0.25, 0.3) is 0 Å². The first-order valence-corrected chi connectivity index (χ1v) is 7.79. The van der Waals surface area contributed by atoms with Crippen molar-refractivity contribution in [2.24, 2.45) is 0 Å². The maximum absolute atomic E-state index is 11.5. The molecule has 2 N–H and O–H groups in total. The largest absolute Gasteiger partial charge is 0.445 e. The lowest BCUT2D eigenvalue weighted by Gasteiger charge is -2.12. The number of aryl methyl sites for hydroxylation is 1. The molecule has 0 saturated carbocycles. The Morgan fingerprint density at radius 2 is 2.05 bits per heavy atom. The van der Waals surface area contributed by atoms with Crippen molar-refractivity contribution in [1.82, 2.24) is 5.32 Å². The summed E-state index contributed by atoms with van der Waals surface area (Å²) in [6.07, 6.45) is 0.782. The first-order chi connectivity index (χ1) is 10.2. The molecule has 1 atom stereocenters. The molecule has 0 aliphatic rings. The molecule has 1 aromatic heterocycles. The summed E-state index contributed by atoms with van der Waals surface area (Å²) in [6, 6.07) is 13.5. The lowest BCUT2D eigenvalue weighted by Crippen LogP contribution is -2.35. The number of thiophene rings is 1. The second-order valence-corrected chi connectivity index (χ2v) is 5.73. The molecule has 21 heavy (non-hydrogen) atoms. The zero-order valence-corrected chi connectivity index (χ0v) is 12.5. The van der Waals surface area contributed by atoms with Gasteiger partial charge in [0.1, 0.15) is 12.8 Å². The maximum Gasteiger partial charge on any atom is 0.409 e. The van der Waals surface area contributed by atoms with Gasteiger partial charge in [0.2, 0.25) is 0 Å². The molecule has 4 nitrogen and oxygen atoms in total. The first-order valence-electron chi connectivity index (χ1n) is 6.92. The molecule has 5 heteroatoms. The van der Waals surface area contributed by atoms with Crippen LogP contribution >= 0.6 is 11.3 Å². The van der Waals surface area contributed by atoms with E-state index in [0.29, 0.717) is 6.42 Å². The SMILES string of the molecule is O=C(NC(O)CCCc1cccs1)OCc1ccccc1. The quantitative estimate of drug-likeness (QED) is 0.772. The van der Waals surface area contributed by atoms with E-state index in [1.807, 2.05) is 41.8 Å². The van der Waals surface area contributed by atoms with Crippen LogP contribution in [-0.2, 0) is 17.8 Å². The molecule has 0 aliphatic carbocycles. The van der Waals surface area contributed by atoms with Gasteiger partial charge in [-0.25, -0.2) is 4.79 Å². The fourth-order valence-corrected chi connectivity index (χ4v) is 2.65. The molecule has 1 aromatic carbocycles. The van der Waals surface area contributed by atoms with Crippen LogP contribution in [0.5, 0.6) is 0 Å². The van der Waals surface area contributed by atoms with Crippen LogP contribution in [-0.4, -0.2) is 17.4 Å². The summed E-state index contributed by atoms with van der Waals surface area (Å²) in [5.74, 6) is 0. The van der Waals surface area contributed by atoms with E-state index in [1.54, 1.807) is 11.3 Å². The molecule has 2 aromatic rings. The van der Waals surface area contributed by atoms with Crippen LogP contribution in [0.4, 0.5) is 4.79 Å². The Hall–Kier alpha value is -1.85. The predicted octanol–water partition coefficient (Wildman–Crippen LogP) is 3.32. The Labute approximate surface area is 128 Å². The average Bonchev–Trinajstić information content (AvgIpc) is 2.99. The number of carbonyl (C=O) groups excluding carboxylic acids is 1. The van der Waals surface area contributed by atoms with Crippen LogP contribution in [0, 0.1) is 0 Å². The van der Waals surface area contributed by atoms with Gasteiger partial charge in [-0.05, 0) is 36.3 Å². The standard InChI is InChI=1S/C16H19NO3S/c18-15(10-4-8-14-9-5-11-21-14)17-16(19)20-12-13-6-2-1-3-7-13/h1-3,5-7,9,11,15,18H,4,8,10,12H2,(H,17,19). The molecule has 2 rings (SSSR count). The van der Waals surface area contributed by atoms with Crippen molar-refractivity contribution in [2.75, 3.05) is 0 Å². The zero-order valence-electron chi connectivity index (χ0n) is 11.7. The second kappa shape index (κ2) is 8.44. The topological polar surface area (TPSA) is 58.6 Å². The van der Waals surface area contributed by atoms with Gasteiger partial charge in [-0.1, -0.05) is 36.4 Å². The Bertz CT molecular complexity index is 528. The van der Waals surface area contributed by atoms with Gasteiger partial charge in [0.05, 0.1) is 0 Å². The minimum absolute atomic E-state index is 0.203. The summed E-state index contributed by atoms with van der Waals surface area (Å²) in [6.45, 7) is 0.203. The van der Waals surface area contributed by atoms with E-state index in [1.165, 1.54) is 4.88 Å². The Morgan fingerprint density at radius 3 is 2.76 bits per heavy atom. The Balaban J connectivity index is 1.60. The van der Waals surface area contributed by atoms with Crippen LogP contribution < -0.4 is 5.32 Å². The van der Waals surface area contributed by atoms with E-state index in [0.717, 1.165) is 18.4 Å². The maximum atomic E-state index is 11.5. The third-order valence-corrected chi connectivity index (χ3v) is 3.91. The molecule has 0 spiro atoms. The van der Waals surface area contributed by atoms with Crippen molar-refractivity contribution in [1.29, 1.82) is 0 Å². The Morgan fingerprint density at radius 1 is 1.24 bits per heavy atom. The number of carbonyl (C=O) groups is 1. The van der Waals surface area contributed by atoms with E-state index in [-0.39, 0.29) is 6.61 Å². The predicted molar refractivity (Wildman–Crippen MR) is 83.0 cm³/mol. The van der Waals surface area contributed by atoms with Gasteiger partial charge in [-0.15, -0.1) is 11.3 Å². The number of alkyl carbamates (subject to hydrolysis) is 1. The highest BCUT2D eigenvalue weighted by molar-refractivity contribution is 7.09. The lowest BCUT2D eigenvalue weighted by atomic mass is 10.2. The van der Waals surface area contributed by atoms with E-state index in [4.69, 9.17) is 4.74 Å². The van der Waals surface area contributed by atoms with Crippen LogP contribution in [0.1, 0.15) is 23.3 Å². The summed E-state index contributed by atoms with van der Waals surface area (Å²) < 4.78 is 5.04. The van der Waals surface area contributed by atoms with E-state index in [9.17, 15) is 9.90 Å². The summed E-state index contributed by atoms with van der Waals surface area (Å²) in [7, 11) is 0. The average molecular weight is 305 g/mol. The monoisotopic (exact) mass is 305 g/mol. The van der Waals surface area contributed by atoms with Crippen LogP contribution in [0.3, 0.4) is 0 Å². The number of rotatable bonds is 7. The highest BCUT2D eigenvalue weighted by Crippen LogP contribution is 2.12. The van der Waals surface area contributed by atoms with E-state index < -0.39 is 12.3 Å². The van der Waals surface area contributed by atoms with Gasteiger partial charge >= 0.3 is 6.09 Å². The number of nitrogens with one attached hydrogen (secondary N) is 1. The van der Waals surface area contributed by atoms with Crippen LogP contribution in [0.15, 0.2) is 47.8 Å². The van der Waals surface area contributed by atoms with Crippen molar-refractivity contribution in [3.05, 3.63) is 58.3 Å². The summed E-state index contributed by atoms with van der Waals surface area (Å²) in [5, 5.41) is 14.2. The fourth-order valence-electron chi connectivity index (χ4n) is 1.90. The fraction of sp³-hybridized carbons (Fsp3) is 0.312. The molecule has 1 amide bonds. The van der Waals surface area contributed by atoms with Crippen molar-refractivity contribution in [3.63, 3.8) is 0 Å². The lowest BCUT2D eigenvalue weighted by molar-refractivity contribution is 0.0895. The summed E-state index contributed by atoms with van der Waals surface area (Å²) in [5.41, 5.74) is 0.917. The normalized spacial score (nSPS) is 11.9. The van der Waals surface area contributed by atoms with Crippen LogP contribution in [0.2, 0.25) is 0 Å². The van der Waals surface area contributed by atoms with Crippen molar-refractivity contribution in [3.8, 4) is 0 Å². The molecule has 1 unspecified atom stereocenters. The van der Waals surface area contributed by atoms with E-state index in [2.05, 4.69) is 11.4 Å². The molecule has 0 radical (unpaired) electrons. The van der Waals surface area contributed by atoms with Gasteiger partial charge in [-0.2, -0.15) is 0 Å². The van der Waals surface area contributed by atoms with E-state index >= 15 is 0 Å². The minimum atomic E-state index is -0.867. The van der Waals surface area contributed by atoms with Gasteiger partial charge in [0, 0.05) is 4.88 Å². The van der Waals surface area contributed by atoms with Gasteiger partial charge in [0.15, 0.2) is 0 Å². The first kappa shape index (κ1) is 15.5. The molecule has 0 bridgehead atoms. The van der Waals surface area contributed by atoms with Crippen molar-refractivity contribution >= 4 is 17.4 Å².